The van der Waals surface area contributed by atoms with E-state index in [1.54, 1.807) is 0 Å². The molecule has 1 fully saturated rings. The van der Waals surface area contributed by atoms with Crippen LogP contribution in [0, 0.1) is 0 Å². The number of ketones is 1. The topological polar surface area (TPSA) is 26.3 Å². The molecule has 2 nitrogen and oxygen atoms in total. The molecule has 88 valence electrons. The van der Waals surface area contributed by atoms with Gasteiger partial charge >= 0.3 is 0 Å². The van der Waals surface area contributed by atoms with E-state index in [4.69, 9.17) is 4.74 Å². The van der Waals surface area contributed by atoms with Gasteiger partial charge in [-0.2, -0.15) is 0 Å². The molecule has 0 atom stereocenters. The van der Waals surface area contributed by atoms with Crippen LogP contribution in [0.5, 0.6) is 0 Å². The molecule has 2 heteroatoms. The van der Waals surface area contributed by atoms with E-state index in [-0.39, 0.29) is 5.60 Å². The van der Waals surface area contributed by atoms with Crippen LogP contribution in [-0.2, 0) is 9.53 Å². The molecule has 0 radical (unpaired) electrons. The van der Waals surface area contributed by atoms with Crippen molar-refractivity contribution in [2.45, 2.75) is 70.8 Å². The lowest BCUT2D eigenvalue weighted by Crippen LogP contribution is -2.38. The molecule has 0 N–H and O–H groups in total. The van der Waals surface area contributed by atoms with Gasteiger partial charge in [-0.1, -0.05) is 19.8 Å². The van der Waals surface area contributed by atoms with Gasteiger partial charge in [-0.25, -0.2) is 0 Å². The van der Waals surface area contributed by atoms with Crippen LogP contribution in [0.1, 0.15) is 65.2 Å². The van der Waals surface area contributed by atoms with Crippen LogP contribution in [0.4, 0.5) is 0 Å². The van der Waals surface area contributed by atoms with Crippen LogP contribution in [0.25, 0.3) is 0 Å². The highest BCUT2D eigenvalue weighted by atomic mass is 16.5. The van der Waals surface area contributed by atoms with E-state index in [0.29, 0.717) is 18.8 Å². The van der Waals surface area contributed by atoms with Crippen molar-refractivity contribution in [3.05, 3.63) is 0 Å². The lowest BCUT2D eigenvalue weighted by Gasteiger charge is -2.27. The van der Waals surface area contributed by atoms with E-state index >= 15 is 0 Å². The van der Waals surface area contributed by atoms with Crippen molar-refractivity contribution in [2.75, 3.05) is 6.61 Å². The number of Topliss-reactive ketones (excluding diaryl/α,β-unsaturated/α-hetero) is 1. The van der Waals surface area contributed by atoms with E-state index in [1.807, 2.05) is 6.92 Å². The SMILES string of the molecule is CCCCCC(=O)C1(OCC)CCCC1. The van der Waals surface area contributed by atoms with Gasteiger partial charge in [0.2, 0.25) is 0 Å². The Labute approximate surface area is 93.4 Å². The fraction of sp³-hybridized carbons (Fsp3) is 0.923. The van der Waals surface area contributed by atoms with Crippen LogP contribution in [-0.4, -0.2) is 18.0 Å². The van der Waals surface area contributed by atoms with Crippen molar-refractivity contribution in [1.29, 1.82) is 0 Å². The highest BCUT2D eigenvalue weighted by Gasteiger charge is 2.40. The van der Waals surface area contributed by atoms with Gasteiger partial charge in [0.15, 0.2) is 5.78 Å². The summed E-state index contributed by atoms with van der Waals surface area (Å²) in [5.41, 5.74) is -0.386. The van der Waals surface area contributed by atoms with Crippen molar-refractivity contribution in [3.63, 3.8) is 0 Å². The van der Waals surface area contributed by atoms with Crippen molar-refractivity contribution < 1.29 is 9.53 Å². The Morgan fingerprint density at radius 2 is 1.87 bits per heavy atom. The van der Waals surface area contributed by atoms with Gasteiger partial charge in [0.1, 0.15) is 5.60 Å². The third-order valence-electron chi connectivity index (χ3n) is 3.35. The van der Waals surface area contributed by atoms with Gasteiger partial charge in [-0.15, -0.1) is 0 Å². The van der Waals surface area contributed by atoms with Crippen LogP contribution < -0.4 is 0 Å². The minimum absolute atomic E-state index is 0.357. The summed E-state index contributed by atoms with van der Waals surface area (Å²) in [5.74, 6) is 0.357. The molecule has 1 rings (SSSR count). The molecule has 0 amide bonds. The lowest BCUT2D eigenvalue weighted by molar-refractivity contribution is -0.143. The Balaban J connectivity index is 2.44. The molecule has 0 aromatic rings. The van der Waals surface area contributed by atoms with Gasteiger partial charge in [0.25, 0.3) is 0 Å². The molecule has 0 saturated heterocycles. The van der Waals surface area contributed by atoms with Crippen LogP contribution in [0.3, 0.4) is 0 Å². The van der Waals surface area contributed by atoms with Crippen LogP contribution >= 0.6 is 0 Å². The maximum Gasteiger partial charge on any atom is 0.164 e. The second-order valence-electron chi connectivity index (χ2n) is 4.51. The number of rotatable bonds is 7. The first kappa shape index (κ1) is 12.7. The Morgan fingerprint density at radius 1 is 1.20 bits per heavy atom. The number of hydrogen-bond donors (Lipinski definition) is 0. The Bertz CT molecular complexity index is 193. The molecule has 0 unspecified atom stereocenters. The number of ether oxygens (including phenoxy) is 1. The second kappa shape index (κ2) is 6.26. The second-order valence-corrected chi connectivity index (χ2v) is 4.51. The molecule has 0 aliphatic heterocycles. The number of hydrogen-bond acceptors (Lipinski definition) is 2. The molecule has 15 heavy (non-hydrogen) atoms. The monoisotopic (exact) mass is 212 g/mol. The molecule has 1 aliphatic carbocycles. The minimum atomic E-state index is -0.386. The van der Waals surface area contributed by atoms with E-state index in [1.165, 1.54) is 6.42 Å². The van der Waals surface area contributed by atoms with Crippen LogP contribution in [0.2, 0.25) is 0 Å². The average Bonchev–Trinajstić information content (AvgIpc) is 2.68. The zero-order chi connectivity index (χ0) is 11.1. The summed E-state index contributed by atoms with van der Waals surface area (Å²) in [7, 11) is 0. The van der Waals surface area contributed by atoms with Crippen molar-refractivity contribution in [1.82, 2.24) is 0 Å². The Hall–Kier alpha value is -0.370. The third kappa shape index (κ3) is 3.30. The standard InChI is InChI=1S/C13H24O2/c1-3-5-6-9-12(14)13(15-4-2)10-7-8-11-13/h3-11H2,1-2H3. The van der Waals surface area contributed by atoms with Gasteiger partial charge in [-0.3, -0.25) is 4.79 Å². The largest absolute Gasteiger partial charge is 0.368 e. The zero-order valence-electron chi connectivity index (χ0n) is 10.2. The first-order valence-corrected chi connectivity index (χ1v) is 6.42. The molecular weight excluding hydrogens is 188 g/mol. The predicted molar refractivity (Wildman–Crippen MR) is 62.0 cm³/mol. The lowest BCUT2D eigenvalue weighted by atomic mass is 9.92. The fourth-order valence-electron chi connectivity index (χ4n) is 2.49. The summed E-state index contributed by atoms with van der Waals surface area (Å²) in [6.07, 6.45) is 8.29. The molecule has 0 bridgehead atoms. The van der Waals surface area contributed by atoms with Crippen LogP contribution in [0.15, 0.2) is 0 Å². The van der Waals surface area contributed by atoms with E-state index < -0.39 is 0 Å². The van der Waals surface area contributed by atoms with Crippen molar-refractivity contribution in [2.24, 2.45) is 0 Å². The molecule has 1 saturated carbocycles. The number of carbonyl (C=O) groups is 1. The summed E-state index contributed by atoms with van der Waals surface area (Å²) in [5, 5.41) is 0. The molecule has 1 aliphatic rings. The van der Waals surface area contributed by atoms with E-state index in [9.17, 15) is 4.79 Å². The summed E-state index contributed by atoms with van der Waals surface area (Å²) in [6, 6.07) is 0. The zero-order valence-corrected chi connectivity index (χ0v) is 10.2. The first-order valence-electron chi connectivity index (χ1n) is 6.42. The summed E-state index contributed by atoms with van der Waals surface area (Å²) in [4.78, 5) is 12.1. The Kier molecular flexibility index (Phi) is 5.30. The predicted octanol–water partition coefficient (Wildman–Crippen LogP) is 3.49. The number of unbranched alkanes of at least 4 members (excludes halogenated alkanes) is 2. The quantitative estimate of drug-likeness (QED) is 0.604. The Morgan fingerprint density at radius 3 is 2.40 bits per heavy atom. The molecule has 0 spiro atoms. The van der Waals surface area contributed by atoms with E-state index in [0.717, 1.165) is 38.5 Å². The maximum atomic E-state index is 12.1. The smallest absolute Gasteiger partial charge is 0.164 e. The van der Waals surface area contributed by atoms with Gasteiger partial charge in [-0.05, 0) is 39.0 Å². The molecule has 0 aromatic heterocycles. The van der Waals surface area contributed by atoms with Crippen molar-refractivity contribution >= 4 is 5.78 Å². The first-order chi connectivity index (χ1) is 7.25. The average molecular weight is 212 g/mol. The number of carbonyl (C=O) groups excluding carboxylic acids is 1. The third-order valence-corrected chi connectivity index (χ3v) is 3.35. The normalized spacial score (nSPS) is 19.3. The highest BCUT2D eigenvalue weighted by molar-refractivity contribution is 5.87. The van der Waals surface area contributed by atoms with Gasteiger partial charge in [0.05, 0.1) is 0 Å². The summed E-state index contributed by atoms with van der Waals surface area (Å²) >= 11 is 0. The molecule has 0 aromatic carbocycles. The molecule has 0 heterocycles. The minimum Gasteiger partial charge on any atom is -0.368 e. The van der Waals surface area contributed by atoms with Gasteiger partial charge < -0.3 is 4.74 Å². The molecular formula is C13H24O2. The maximum absolute atomic E-state index is 12.1. The highest BCUT2D eigenvalue weighted by Crippen LogP contribution is 2.35. The summed E-state index contributed by atoms with van der Waals surface area (Å²) in [6.45, 7) is 4.82. The van der Waals surface area contributed by atoms with Crippen molar-refractivity contribution in [3.8, 4) is 0 Å². The van der Waals surface area contributed by atoms with Gasteiger partial charge in [0, 0.05) is 13.0 Å². The van der Waals surface area contributed by atoms with E-state index in [2.05, 4.69) is 6.92 Å². The summed E-state index contributed by atoms with van der Waals surface area (Å²) < 4.78 is 5.73. The fourth-order valence-corrected chi connectivity index (χ4v) is 2.49.